The van der Waals surface area contributed by atoms with Crippen LogP contribution in [0.3, 0.4) is 0 Å². The highest BCUT2D eigenvalue weighted by Crippen LogP contribution is 2.44. The van der Waals surface area contributed by atoms with Crippen LogP contribution >= 0.6 is 11.8 Å². The summed E-state index contributed by atoms with van der Waals surface area (Å²) < 4.78 is 0. The Labute approximate surface area is 120 Å². The predicted molar refractivity (Wildman–Crippen MR) is 80.5 cm³/mol. The lowest BCUT2D eigenvalue weighted by Gasteiger charge is -2.38. The summed E-state index contributed by atoms with van der Waals surface area (Å²) in [5, 5.41) is 0.209. The number of ketones is 1. The van der Waals surface area contributed by atoms with Crippen LogP contribution in [-0.2, 0) is 4.79 Å². The van der Waals surface area contributed by atoms with Gasteiger partial charge in [-0.1, -0.05) is 37.5 Å². The summed E-state index contributed by atoms with van der Waals surface area (Å²) in [4.78, 5) is 13.6. The Morgan fingerprint density at radius 1 is 1.11 bits per heavy atom. The summed E-state index contributed by atoms with van der Waals surface area (Å²) in [6.45, 7) is 2.14. The van der Waals surface area contributed by atoms with Gasteiger partial charge < -0.3 is 0 Å². The van der Waals surface area contributed by atoms with Crippen molar-refractivity contribution in [1.29, 1.82) is 0 Å². The molecule has 1 nitrogen and oxygen atoms in total. The van der Waals surface area contributed by atoms with E-state index in [1.165, 1.54) is 36.1 Å². The zero-order valence-corrected chi connectivity index (χ0v) is 12.4. The average Bonchev–Trinajstić information content (AvgIpc) is 2.42. The molecule has 0 aliphatic heterocycles. The Hall–Kier alpha value is -0.760. The molecule has 0 aromatic heterocycles. The second-order valence-electron chi connectivity index (χ2n) is 6.08. The Kier molecular flexibility index (Phi) is 3.97. The lowest BCUT2D eigenvalue weighted by Crippen LogP contribution is -2.35. The zero-order valence-electron chi connectivity index (χ0n) is 11.6. The minimum Gasteiger partial charge on any atom is -0.298 e. The number of fused-ring (bicyclic) bond motifs is 1. The molecular weight excluding hydrogens is 252 g/mol. The van der Waals surface area contributed by atoms with Crippen LogP contribution in [0.15, 0.2) is 29.2 Å². The van der Waals surface area contributed by atoms with Crippen LogP contribution in [0.4, 0.5) is 0 Å². The fourth-order valence-corrected chi connectivity index (χ4v) is 4.90. The maximum atomic E-state index is 12.3. The molecule has 3 rings (SSSR count). The average molecular weight is 274 g/mol. The van der Waals surface area contributed by atoms with Gasteiger partial charge >= 0.3 is 0 Å². The third-order valence-corrected chi connectivity index (χ3v) is 6.22. The van der Waals surface area contributed by atoms with Crippen molar-refractivity contribution in [2.24, 2.45) is 11.8 Å². The van der Waals surface area contributed by atoms with Gasteiger partial charge in [-0.3, -0.25) is 4.79 Å². The minimum absolute atomic E-state index is 0.209. The first-order chi connectivity index (χ1) is 9.24. The molecule has 2 aliphatic carbocycles. The quantitative estimate of drug-likeness (QED) is 0.782. The van der Waals surface area contributed by atoms with Crippen LogP contribution in [0.25, 0.3) is 0 Å². The maximum absolute atomic E-state index is 12.3. The van der Waals surface area contributed by atoms with Gasteiger partial charge in [-0.05, 0) is 43.2 Å². The third-order valence-electron chi connectivity index (χ3n) is 4.77. The van der Waals surface area contributed by atoms with Crippen LogP contribution < -0.4 is 0 Å². The normalized spacial score (nSPS) is 31.0. The highest BCUT2D eigenvalue weighted by atomic mass is 32.2. The monoisotopic (exact) mass is 274 g/mol. The van der Waals surface area contributed by atoms with E-state index in [1.54, 1.807) is 11.8 Å². The molecule has 0 bridgehead atoms. The van der Waals surface area contributed by atoms with Crippen LogP contribution in [0.1, 0.15) is 44.1 Å². The molecule has 1 aromatic carbocycles. The smallest absolute Gasteiger partial charge is 0.146 e. The predicted octanol–water partition coefficient (Wildman–Crippen LogP) is 4.63. The molecule has 1 aromatic rings. The van der Waals surface area contributed by atoms with Crippen molar-refractivity contribution in [3.8, 4) is 0 Å². The maximum Gasteiger partial charge on any atom is 0.146 e. The van der Waals surface area contributed by atoms with Crippen molar-refractivity contribution in [3.63, 3.8) is 0 Å². The van der Waals surface area contributed by atoms with Crippen molar-refractivity contribution >= 4 is 17.5 Å². The first-order valence-electron chi connectivity index (χ1n) is 7.49. The van der Waals surface area contributed by atoms with E-state index in [-0.39, 0.29) is 5.25 Å². The molecule has 3 atom stereocenters. The van der Waals surface area contributed by atoms with E-state index in [0.29, 0.717) is 11.7 Å². The number of carbonyl (C=O) groups excluding carboxylic acids is 1. The number of hydrogen-bond donors (Lipinski definition) is 0. The molecule has 0 spiro atoms. The fraction of sp³-hybridized carbons (Fsp3) is 0.588. The van der Waals surface area contributed by atoms with Crippen molar-refractivity contribution < 1.29 is 4.79 Å². The Balaban J connectivity index is 1.71. The van der Waals surface area contributed by atoms with E-state index in [1.807, 2.05) is 0 Å². The molecular formula is C17H22OS. The van der Waals surface area contributed by atoms with E-state index >= 15 is 0 Å². The summed E-state index contributed by atoms with van der Waals surface area (Å²) in [5.41, 5.74) is 1.30. The molecule has 0 N–H and O–H groups in total. The second-order valence-corrected chi connectivity index (χ2v) is 7.33. The summed E-state index contributed by atoms with van der Waals surface area (Å²) in [6, 6.07) is 8.44. The molecule has 2 heteroatoms. The van der Waals surface area contributed by atoms with Gasteiger partial charge in [-0.15, -0.1) is 11.8 Å². The first-order valence-corrected chi connectivity index (χ1v) is 8.37. The third kappa shape index (κ3) is 2.89. The highest BCUT2D eigenvalue weighted by Gasteiger charge is 2.37. The molecule has 0 radical (unpaired) electrons. The van der Waals surface area contributed by atoms with Crippen LogP contribution in [0.5, 0.6) is 0 Å². The summed E-state index contributed by atoms with van der Waals surface area (Å²) >= 11 is 1.81. The number of hydrogen-bond acceptors (Lipinski definition) is 2. The van der Waals surface area contributed by atoms with Gasteiger partial charge in [0.1, 0.15) is 5.78 Å². The van der Waals surface area contributed by atoms with Gasteiger partial charge in [0.2, 0.25) is 0 Å². The van der Waals surface area contributed by atoms with Crippen molar-refractivity contribution in [3.05, 3.63) is 29.8 Å². The summed E-state index contributed by atoms with van der Waals surface area (Å²) in [5.74, 6) is 2.01. The largest absolute Gasteiger partial charge is 0.298 e. The second kappa shape index (κ2) is 5.70. The Bertz CT molecular complexity index is 468. The first kappa shape index (κ1) is 13.2. The molecule has 2 saturated carbocycles. The molecule has 0 heterocycles. The molecule has 19 heavy (non-hydrogen) atoms. The Morgan fingerprint density at radius 3 is 2.63 bits per heavy atom. The highest BCUT2D eigenvalue weighted by molar-refractivity contribution is 8.00. The number of aryl methyl sites for hydroxylation is 1. The molecule has 102 valence electrons. The van der Waals surface area contributed by atoms with Crippen molar-refractivity contribution in [2.75, 3.05) is 0 Å². The van der Waals surface area contributed by atoms with Crippen molar-refractivity contribution in [2.45, 2.75) is 55.6 Å². The number of Topliss-reactive ketones (excluding diaryl/α,β-unsaturated/α-hetero) is 1. The molecule has 0 amide bonds. The van der Waals surface area contributed by atoms with E-state index in [0.717, 1.165) is 18.8 Å². The zero-order chi connectivity index (χ0) is 13.2. The van der Waals surface area contributed by atoms with E-state index in [2.05, 4.69) is 31.2 Å². The van der Waals surface area contributed by atoms with Gasteiger partial charge in [0.15, 0.2) is 0 Å². The number of rotatable bonds is 2. The standard InChI is InChI=1S/C17H22OS/c1-12-6-2-5-9-16(12)19-17-11-14-8-4-3-7-13(14)10-15(17)18/h2,5-6,9,13-14,17H,3-4,7-8,10-11H2,1H3. The number of thioether (sulfide) groups is 1. The SMILES string of the molecule is Cc1ccccc1SC1CC2CCCCC2CC1=O. The molecule has 3 unspecified atom stereocenters. The summed E-state index contributed by atoms with van der Waals surface area (Å²) in [6.07, 6.45) is 7.30. The van der Waals surface area contributed by atoms with Crippen LogP contribution in [-0.4, -0.2) is 11.0 Å². The van der Waals surface area contributed by atoms with Gasteiger partial charge in [0, 0.05) is 11.3 Å². The lowest BCUT2D eigenvalue weighted by molar-refractivity contribution is -0.122. The van der Waals surface area contributed by atoms with Gasteiger partial charge in [0.25, 0.3) is 0 Å². The minimum atomic E-state index is 0.209. The van der Waals surface area contributed by atoms with Gasteiger partial charge in [-0.25, -0.2) is 0 Å². The van der Waals surface area contributed by atoms with Crippen molar-refractivity contribution in [1.82, 2.24) is 0 Å². The van der Waals surface area contributed by atoms with E-state index in [4.69, 9.17) is 0 Å². The van der Waals surface area contributed by atoms with Crippen LogP contribution in [0, 0.1) is 18.8 Å². The molecule has 0 saturated heterocycles. The topological polar surface area (TPSA) is 17.1 Å². The molecule has 2 fully saturated rings. The number of benzene rings is 1. The van der Waals surface area contributed by atoms with Gasteiger partial charge in [0.05, 0.1) is 5.25 Å². The van der Waals surface area contributed by atoms with E-state index in [9.17, 15) is 4.79 Å². The van der Waals surface area contributed by atoms with Crippen LogP contribution in [0.2, 0.25) is 0 Å². The molecule has 2 aliphatic rings. The van der Waals surface area contributed by atoms with Gasteiger partial charge in [-0.2, -0.15) is 0 Å². The fourth-order valence-electron chi connectivity index (χ4n) is 3.62. The Morgan fingerprint density at radius 2 is 1.84 bits per heavy atom. The number of carbonyl (C=O) groups is 1. The van der Waals surface area contributed by atoms with E-state index < -0.39 is 0 Å². The summed E-state index contributed by atoms with van der Waals surface area (Å²) in [7, 11) is 0. The lowest BCUT2D eigenvalue weighted by atomic mass is 9.70.